The fourth-order valence-electron chi connectivity index (χ4n) is 2.92. The van der Waals surface area contributed by atoms with Crippen LogP contribution in [0.3, 0.4) is 0 Å². The van der Waals surface area contributed by atoms with Gasteiger partial charge < -0.3 is 20.3 Å². The molecule has 0 aromatic carbocycles. The lowest BCUT2D eigenvalue weighted by molar-refractivity contribution is 0.177. The van der Waals surface area contributed by atoms with Crippen molar-refractivity contribution in [2.75, 3.05) is 32.6 Å². The molecule has 0 bridgehead atoms. The van der Waals surface area contributed by atoms with Gasteiger partial charge in [-0.3, -0.25) is 0 Å². The van der Waals surface area contributed by atoms with E-state index in [9.17, 15) is 0 Å². The monoisotopic (exact) mass is 392 g/mol. The molecule has 9 nitrogen and oxygen atoms in total. The zero-order valence-electron chi connectivity index (χ0n) is 16.4. The van der Waals surface area contributed by atoms with E-state index in [1.54, 1.807) is 18.4 Å². The summed E-state index contributed by atoms with van der Waals surface area (Å²) >= 11 is 1.63. The molecular weight excluding hydrogens is 364 g/mol. The number of ether oxygens (including phenoxy) is 1. The quantitative estimate of drug-likeness (QED) is 0.537. The fourth-order valence-corrected chi connectivity index (χ4v) is 3.67. The molecule has 0 amide bonds. The third kappa shape index (κ3) is 5.16. The Kier molecular flexibility index (Phi) is 6.62. The first kappa shape index (κ1) is 19.6. The van der Waals surface area contributed by atoms with Gasteiger partial charge in [0.1, 0.15) is 12.4 Å². The topological polar surface area (TPSA) is 92.5 Å². The first-order valence-electron chi connectivity index (χ1n) is 9.17. The molecule has 2 aromatic rings. The number of rotatable bonds is 7. The average Bonchev–Trinajstić information content (AvgIpc) is 3.26. The number of hydrogen-bond donors (Lipinski definition) is 2. The van der Waals surface area contributed by atoms with Crippen molar-refractivity contribution < 1.29 is 4.74 Å². The molecule has 3 rings (SSSR count). The van der Waals surface area contributed by atoms with E-state index in [4.69, 9.17) is 9.73 Å². The van der Waals surface area contributed by atoms with Crippen LogP contribution in [0, 0.1) is 0 Å². The van der Waals surface area contributed by atoms with E-state index in [0.29, 0.717) is 13.2 Å². The van der Waals surface area contributed by atoms with Gasteiger partial charge in [0.05, 0.1) is 18.8 Å². The standard InChI is InChI=1S/C17H28N8OS/c1-5-18-16(19-8-13-11-27-17(21-13)24(2)3)20-12-6-7-15-22-14(10-26-4)23-25(15)9-12/h11-12H,5-10H2,1-4H3,(H2,18,19,20). The van der Waals surface area contributed by atoms with Crippen LogP contribution in [0.1, 0.15) is 30.7 Å². The van der Waals surface area contributed by atoms with Crippen LogP contribution in [0.2, 0.25) is 0 Å². The molecule has 0 radical (unpaired) electrons. The van der Waals surface area contributed by atoms with Crippen molar-refractivity contribution in [3.8, 4) is 0 Å². The smallest absolute Gasteiger partial charge is 0.191 e. The Hall–Kier alpha value is -2.20. The molecule has 1 atom stereocenters. The van der Waals surface area contributed by atoms with Gasteiger partial charge in [-0.05, 0) is 13.3 Å². The Morgan fingerprint density at radius 1 is 1.44 bits per heavy atom. The fraction of sp³-hybridized carbons (Fsp3) is 0.647. The number of hydrogen-bond acceptors (Lipinski definition) is 7. The zero-order valence-corrected chi connectivity index (χ0v) is 17.2. The molecule has 27 heavy (non-hydrogen) atoms. The number of aryl methyl sites for hydroxylation is 1. The Labute approximate surface area is 163 Å². The Morgan fingerprint density at radius 2 is 2.30 bits per heavy atom. The van der Waals surface area contributed by atoms with E-state index < -0.39 is 0 Å². The van der Waals surface area contributed by atoms with Crippen molar-refractivity contribution in [1.29, 1.82) is 0 Å². The third-order valence-electron chi connectivity index (χ3n) is 4.18. The van der Waals surface area contributed by atoms with Crippen LogP contribution >= 0.6 is 11.3 Å². The molecule has 1 aliphatic heterocycles. The summed E-state index contributed by atoms with van der Waals surface area (Å²) in [6.07, 6.45) is 1.89. The molecule has 0 aliphatic carbocycles. The number of fused-ring (bicyclic) bond motifs is 1. The van der Waals surface area contributed by atoms with E-state index in [0.717, 1.165) is 54.4 Å². The highest BCUT2D eigenvalue weighted by molar-refractivity contribution is 7.13. The highest BCUT2D eigenvalue weighted by Gasteiger charge is 2.22. The van der Waals surface area contributed by atoms with Crippen molar-refractivity contribution in [1.82, 2.24) is 30.4 Å². The number of thiazole rings is 1. The molecule has 0 fully saturated rings. The SMILES string of the molecule is CCNC(=NCc1csc(N(C)C)n1)NC1CCc2nc(COC)nn2C1. The van der Waals surface area contributed by atoms with Crippen molar-refractivity contribution in [3.63, 3.8) is 0 Å². The van der Waals surface area contributed by atoms with Gasteiger partial charge >= 0.3 is 0 Å². The van der Waals surface area contributed by atoms with Crippen molar-refractivity contribution >= 4 is 22.4 Å². The minimum absolute atomic E-state index is 0.264. The van der Waals surface area contributed by atoms with E-state index in [1.165, 1.54) is 0 Å². The molecule has 2 N–H and O–H groups in total. The van der Waals surface area contributed by atoms with Gasteiger partial charge in [0.2, 0.25) is 0 Å². The Bertz CT molecular complexity index is 769. The lowest BCUT2D eigenvalue weighted by Crippen LogP contribution is -2.47. The minimum atomic E-state index is 0.264. The molecule has 0 spiro atoms. The first-order valence-corrected chi connectivity index (χ1v) is 10.0. The van der Waals surface area contributed by atoms with E-state index in [2.05, 4.69) is 38.0 Å². The number of guanidine groups is 1. The summed E-state index contributed by atoms with van der Waals surface area (Å²) < 4.78 is 7.10. The third-order valence-corrected chi connectivity index (χ3v) is 5.24. The Morgan fingerprint density at radius 3 is 3.00 bits per heavy atom. The first-order chi connectivity index (χ1) is 13.1. The summed E-state index contributed by atoms with van der Waals surface area (Å²) in [5.41, 5.74) is 0.979. The highest BCUT2D eigenvalue weighted by atomic mass is 32.1. The van der Waals surface area contributed by atoms with E-state index in [-0.39, 0.29) is 6.04 Å². The molecular formula is C17H28N8OS. The predicted octanol–water partition coefficient (Wildman–Crippen LogP) is 1.02. The number of nitrogens with one attached hydrogen (secondary N) is 2. The zero-order chi connectivity index (χ0) is 19.2. The predicted molar refractivity (Wildman–Crippen MR) is 107 cm³/mol. The van der Waals surface area contributed by atoms with Gasteiger partial charge in [0, 0.05) is 45.6 Å². The summed E-state index contributed by atoms with van der Waals surface area (Å²) in [6, 6.07) is 0.264. The van der Waals surface area contributed by atoms with Crippen LogP contribution in [0.15, 0.2) is 10.4 Å². The number of aliphatic imine (C=N–C) groups is 1. The lowest BCUT2D eigenvalue weighted by Gasteiger charge is -2.25. The number of nitrogens with zero attached hydrogens (tertiary/aromatic N) is 6. The van der Waals surface area contributed by atoms with E-state index in [1.807, 2.05) is 23.7 Å². The maximum Gasteiger partial charge on any atom is 0.191 e. The average molecular weight is 393 g/mol. The molecule has 0 saturated heterocycles. The molecule has 1 aliphatic rings. The maximum absolute atomic E-state index is 5.13. The lowest BCUT2D eigenvalue weighted by atomic mass is 10.1. The molecule has 3 heterocycles. The van der Waals surface area contributed by atoms with Gasteiger partial charge in [-0.1, -0.05) is 0 Å². The van der Waals surface area contributed by atoms with E-state index >= 15 is 0 Å². The molecule has 148 valence electrons. The van der Waals surface area contributed by atoms with Crippen molar-refractivity contribution in [3.05, 3.63) is 22.7 Å². The van der Waals surface area contributed by atoms with Crippen molar-refractivity contribution in [2.24, 2.45) is 4.99 Å². The second-order valence-corrected chi connectivity index (χ2v) is 7.49. The molecule has 10 heteroatoms. The van der Waals surface area contributed by atoms with Crippen LogP contribution < -0.4 is 15.5 Å². The second kappa shape index (κ2) is 9.14. The van der Waals surface area contributed by atoms with Crippen LogP contribution in [0.5, 0.6) is 0 Å². The van der Waals surface area contributed by atoms with Crippen LogP contribution in [0.4, 0.5) is 5.13 Å². The Balaban J connectivity index is 1.61. The van der Waals surface area contributed by atoms with Crippen LogP contribution in [-0.4, -0.2) is 59.5 Å². The van der Waals surface area contributed by atoms with Gasteiger partial charge in [0.15, 0.2) is 16.9 Å². The van der Waals surface area contributed by atoms with Gasteiger partial charge in [-0.2, -0.15) is 5.10 Å². The largest absolute Gasteiger partial charge is 0.377 e. The van der Waals surface area contributed by atoms with Crippen molar-refractivity contribution in [2.45, 2.75) is 45.5 Å². The summed E-state index contributed by atoms with van der Waals surface area (Å²) in [6.45, 7) is 4.66. The number of methoxy groups -OCH3 is 1. The van der Waals surface area contributed by atoms with Gasteiger partial charge in [0.25, 0.3) is 0 Å². The van der Waals surface area contributed by atoms with Crippen LogP contribution in [0.25, 0.3) is 0 Å². The summed E-state index contributed by atoms with van der Waals surface area (Å²) in [4.78, 5) is 15.8. The second-order valence-electron chi connectivity index (χ2n) is 6.65. The minimum Gasteiger partial charge on any atom is -0.377 e. The maximum atomic E-state index is 5.13. The van der Waals surface area contributed by atoms with Crippen LogP contribution in [-0.2, 0) is 30.9 Å². The molecule has 2 aromatic heterocycles. The van der Waals surface area contributed by atoms with Gasteiger partial charge in [-0.15, -0.1) is 11.3 Å². The number of aromatic nitrogens is 4. The molecule has 1 unspecified atom stereocenters. The summed E-state index contributed by atoms with van der Waals surface area (Å²) in [5, 5.41) is 14.4. The number of anilines is 1. The molecule has 0 saturated carbocycles. The van der Waals surface area contributed by atoms with Gasteiger partial charge in [-0.25, -0.2) is 19.6 Å². The normalized spacial score (nSPS) is 16.9. The summed E-state index contributed by atoms with van der Waals surface area (Å²) in [7, 11) is 5.65. The summed E-state index contributed by atoms with van der Waals surface area (Å²) in [5.74, 6) is 2.58. The highest BCUT2D eigenvalue weighted by Crippen LogP contribution is 2.18.